The van der Waals surface area contributed by atoms with E-state index in [0.717, 1.165) is 48.4 Å². The molecule has 4 aromatic rings. The number of fused-ring (bicyclic) bond motifs is 1. The van der Waals surface area contributed by atoms with Crippen molar-refractivity contribution in [2.75, 3.05) is 5.73 Å². The van der Waals surface area contributed by atoms with Gasteiger partial charge < -0.3 is 10.3 Å². The van der Waals surface area contributed by atoms with Crippen molar-refractivity contribution in [3.05, 3.63) is 95.3 Å². The summed E-state index contributed by atoms with van der Waals surface area (Å²) in [5.41, 5.74) is 12.4. The lowest BCUT2D eigenvalue weighted by Gasteiger charge is -2.10. The molecule has 0 saturated heterocycles. The molecule has 4 rings (SSSR count). The van der Waals surface area contributed by atoms with Crippen molar-refractivity contribution in [3.63, 3.8) is 0 Å². The third-order valence-electron chi connectivity index (χ3n) is 5.45. The number of nitrogens with two attached hydrogens (primary N) is 1. The second-order valence-electron chi connectivity index (χ2n) is 7.86. The van der Waals surface area contributed by atoms with Crippen LogP contribution in [0, 0.1) is 0 Å². The first-order chi connectivity index (χ1) is 14.6. The minimum Gasteiger partial charge on any atom is -0.399 e. The maximum Gasteiger partial charge on any atom is 0.134 e. The molecule has 4 heteroatoms. The molecule has 0 spiro atoms. The van der Waals surface area contributed by atoms with Crippen molar-refractivity contribution in [3.8, 4) is 0 Å². The normalized spacial score (nSPS) is 11.1. The highest BCUT2D eigenvalue weighted by atomic mass is 16.1. The van der Waals surface area contributed by atoms with E-state index in [9.17, 15) is 4.79 Å². The van der Waals surface area contributed by atoms with Crippen molar-refractivity contribution >= 4 is 22.5 Å². The molecule has 0 amide bonds. The van der Waals surface area contributed by atoms with Gasteiger partial charge in [0.2, 0.25) is 0 Å². The summed E-state index contributed by atoms with van der Waals surface area (Å²) in [4.78, 5) is 16.2. The Kier molecular flexibility index (Phi) is 5.94. The third-order valence-corrected chi connectivity index (χ3v) is 5.45. The number of carbonyl (C=O) groups excluding carboxylic acids is 1. The summed E-state index contributed by atoms with van der Waals surface area (Å²) in [5.74, 6) is 1.31. The number of anilines is 1. The number of ketones is 1. The van der Waals surface area contributed by atoms with Gasteiger partial charge in [0.05, 0.1) is 11.0 Å². The highest BCUT2D eigenvalue weighted by Gasteiger charge is 2.11. The van der Waals surface area contributed by atoms with Crippen molar-refractivity contribution < 1.29 is 4.79 Å². The number of para-hydroxylation sites is 2. The van der Waals surface area contributed by atoms with Gasteiger partial charge in [0, 0.05) is 25.1 Å². The van der Waals surface area contributed by atoms with Crippen LogP contribution < -0.4 is 5.73 Å². The molecule has 0 aliphatic rings. The number of rotatable bonds is 8. The van der Waals surface area contributed by atoms with E-state index in [0.29, 0.717) is 6.42 Å². The molecule has 3 aromatic carbocycles. The predicted octanol–water partition coefficient (Wildman–Crippen LogP) is 4.78. The van der Waals surface area contributed by atoms with Crippen LogP contribution in [0.2, 0.25) is 0 Å². The molecular weight excluding hydrogens is 370 g/mol. The number of aromatic nitrogens is 2. The largest absolute Gasteiger partial charge is 0.399 e. The van der Waals surface area contributed by atoms with Crippen LogP contribution in [-0.2, 0) is 37.0 Å². The van der Waals surface area contributed by atoms with Gasteiger partial charge >= 0.3 is 0 Å². The number of benzene rings is 3. The van der Waals surface area contributed by atoms with Crippen LogP contribution in [0.25, 0.3) is 11.0 Å². The fourth-order valence-corrected chi connectivity index (χ4v) is 3.86. The summed E-state index contributed by atoms with van der Waals surface area (Å²) in [6.07, 6.45) is 3.25. The van der Waals surface area contributed by atoms with Crippen LogP contribution in [0.15, 0.2) is 72.8 Å². The second-order valence-corrected chi connectivity index (χ2v) is 7.86. The summed E-state index contributed by atoms with van der Waals surface area (Å²) in [5, 5.41) is 0. The molecule has 0 bridgehead atoms. The molecule has 152 valence electrons. The topological polar surface area (TPSA) is 60.9 Å². The van der Waals surface area contributed by atoms with Crippen molar-refractivity contribution in [2.24, 2.45) is 0 Å². The molecule has 0 aliphatic carbocycles. The lowest BCUT2D eigenvalue weighted by atomic mass is 10.1. The monoisotopic (exact) mass is 397 g/mol. The fraction of sp³-hybridized carbons (Fsp3) is 0.231. The average Bonchev–Trinajstić information content (AvgIpc) is 3.10. The Hall–Kier alpha value is -3.40. The summed E-state index contributed by atoms with van der Waals surface area (Å²) in [6.45, 7) is 2.51. The van der Waals surface area contributed by atoms with Crippen LogP contribution >= 0.6 is 0 Å². The van der Waals surface area contributed by atoms with Gasteiger partial charge in [-0.05, 0) is 60.7 Å². The maximum atomic E-state index is 11.3. The molecule has 30 heavy (non-hydrogen) atoms. The van der Waals surface area contributed by atoms with Gasteiger partial charge in [0.15, 0.2) is 0 Å². The number of hydrogen-bond acceptors (Lipinski definition) is 3. The first-order valence-electron chi connectivity index (χ1n) is 10.4. The van der Waals surface area contributed by atoms with Gasteiger partial charge in [-0.3, -0.25) is 4.79 Å². The van der Waals surface area contributed by atoms with Crippen LogP contribution in [0.4, 0.5) is 5.69 Å². The lowest BCUT2D eigenvalue weighted by Crippen LogP contribution is -2.08. The number of aryl methyl sites for hydroxylation is 4. The molecule has 1 aromatic heterocycles. The molecule has 0 radical (unpaired) electrons. The fourth-order valence-electron chi connectivity index (χ4n) is 3.86. The minimum absolute atomic E-state index is 0.193. The highest BCUT2D eigenvalue weighted by Crippen LogP contribution is 2.19. The van der Waals surface area contributed by atoms with E-state index in [-0.39, 0.29) is 5.78 Å². The molecule has 0 fully saturated rings. The second kappa shape index (κ2) is 8.95. The minimum atomic E-state index is 0.193. The SMILES string of the molecule is CC(=O)Cc1ccc(CCn2c(CCc3ccc(N)cc3)nc3ccccc32)cc1. The standard InChI is InChI=1S/C26H27N3O/c1-19(30)18-22-8-6-21(7-9-22)16-17-29-25-5-3-2-4-24(25)28-26(29)15-12-20-10-13-23(27)14-11-20/h2-11,13-14H,12,15-18,27H2,1H3. The molecule has 0 atom stereocenters. The van der Waals surface area contributed by atoms with E-state index >= 15 is 0 Å². The number of carbonyl (C=O) groups is 1. The predicted molar refractivity (Wildman–Crippen MR) is 123 cm³/mol. The Morgan fingerprint density at radius 1 is 0.833 bits per heavy atom. The number of nitrogen functional groups attached to an aromatic ring is 1. The molecule has 0 saturated carbocycles. The molecule has 0 unspecified atom stereocenters. The van der Waals surface area contributed by atoms with Crippen LogP contribution in [-0.4, -0.2) is 15.3 Å². The Morgan fingerprint density at radius 2 is 1.47 bits per heavy atom. The van der Waals surface area contributed by atoms with Crippen molar-refractivity contribution in [1.82, 2.24) is 9.55 Å². The third kappa shape index (κ3) is 4.77. The molecular formula is C26H27N3O. The van der Waals surface area contributed by atoms with Crippen LogP contribution in [0.5, 0.6) is 0 Å². The van der Waals surface area contributed by atoms with Crippen LogP contribution in [0.3, 0.4) is 0 Å². The van der Waals surface area contributed by atoms with E-state index < -0.39 is 0 Å². The quantitative estimate of drug-likeness (QED) is 0.435. The van der Waals surface area contributed by atoms with Gasteiger partial charge in [-0.1, -0.05) is 48.5 Å². The van der Waals surface area contributed by atoms with Gasteiger partial charge in [-0.2, -0.15) is 0 Å². The van der Waals surface area contributed by atoms with E-state index in [2.05, 4.69) is 59.2 Å². The molecule has 4 nitrogen and oxygen atoms in total. The highest BCUT2D eigenvalue weighted by molar-refractivity contribution is 5.78. The summed E-state index contributed by atoms with van der Waals surface area (Å²) in [7, 11) is 0. The summed E-state index contributed by atoms with van der Waals surface area (Å²) >= 11 is 0. The molecule has 1 heterocycles. The summed E-state index contributed by atoms with van der Waals surface area (Å²) in [6, 6.07) is 24.8. The zero-order chi connectivity index (χ0) is 20.9. The maximum absolute atomic E-state index is 11.3. The number of nitrogens with zero attached hydrogens (tertiary/aromatic N) is 2. The van der Waals surface area contributed by atoms with E-state index in [4.69, 9.17) is 10.7 Å². The van der Waals surface area contributed by atoms with E-state index in [1.54, 1.807) is 6.92 Å². The molecule has 2 N–H and O–H groups in total. The Balaban J connectivity index is 1.51. The van der Waals surface area contributed by atoms with Crippen molar-refractivity contribution in [2.45, 2.75) is 39.2 Å². The van der Waals surface area contributed by atoms with E-state index in [1.165, 1.54) is 16.6 Å². The Bertz CT molecular complexity index is 1140. The zero-order valence-corrected chi connectivity index (χ0v) is 17.3. The summed E-state index contributed by atoms with van der Waals surface area (Å²) < 4.78 is 2.34. The first-order valence-corrected chi connectivity index (χ1v) is 10.4. The van der Waals surface area contributed by atoms with Crippen molar-refractivity contribution in [1.29, 1.82) is 0 Å². The number of Topliss-reactive ketones (excluding diaryl/α,β-unsaturated/α-hetero) is 1. The van der Waals surface area contributed by atoms with Crippen LogP contribution in [0.1, 0.15) is 29.4 Å². The first kappa shape index (κ1) is 19.9. The Morgan fingerprint density at radius 3 is 2.20 bits per heavy atom. The lowest BCUT2D eigenvalue weighted by molar-refractivity contribution is -0.116. The van der Waals surface area contributed by atoms with E-state index in [1.807, 2.05) is 18.2 Å². The average molecular weight is 398 g/mol. The number of imidazole rings is 1. The van der Waals surface area contributed by atoms with Gasteiger partial charge in [0.25, 0.3) is 0 Å². The molecule has 0 aliphatic heterocycles. The smallest absolute Gasteiger partial charge is 0.134 e. The number of hydrogen-bond donors (Lipinski definition) is 1. The van der Waals surface area contributed by atoms with Gasteiger partial charge in [-0.25, -0.2) is 4.98 Å². The zero-order valence-electron chi connectivity index (χ0n) is 17.3. The van der Waals surface area contributed by atoms with Gasteiger partial charge in [-0.15, -0.1) is 0 Å². The van der Waals surface area contributed by atoms with Gasteiger partial charge in [0.1, 0.15) is 11.6 Å². The Labute approximate surface area is 177 Å².